The van der Waals surface area contributed by atoms with Crippen LogP contribution in [0.25, 0.3) is 10.8 Å². The zero-order chi connectivity index (χ0) is 14.7. The highest BCUT2D eigenvalue weighted by Gasteiger charge is 2.13. The summed E-state index contributed by atoms with van der Waals surface area (Å²) >= 11 is 6.16. The molecule has 0 saturated heterocycles. The van der Waals surface area contributed by atoms with Gasteiger partial charge in [-0.05, 0) is 31.4 Å². The molecule has 2 rings (SSSR count). The molecule has 0 spiro atoms. The van der Waals surface area contributed by atoms with Crippen LogP contribution >= 0.6 is 11.6 Å². The smallest absolute Gasteiger partial charge is 0.260 e. The molecule has 0 bridgehead atoms. The van der Waals surface area contributed by atoms with E-state index in [-0.39, 0.29) is 11.6 Å². The van der Waals surface area contributed by atoms with Crippen molar-refractivity contribution in [1.29, 1.82) is 0 Å². The van der Waals surface area contributed by atoms with Crippen LogP contribution in [-0.2, 0) is 0 Å². The summed E-state index contributed by atoms with van der Waals surface area (Å²) in [6.07, 6.45) is 3.27. The number of benzene rings is 1. The average Bonchev–Trinajstić information content (AvgIpc) is 2.38. The summed E-state index contributed by atoms with van der Waals surface area (Å²) < 4.78 is 1.74. The van der Waals surface area contributed by atoms with Crippen molar-refractivity contribution < 1.29 is 0 Å². The van der Waals surface area contributed by atoms with Gasteiger partial charge in [0.25, 0.3) is 5.56 Å². The molecule has 0 aliphatic heterocycles. The summed E-state index contributed by atoms with van der Waals surface area (Å²) in [5, 5.41) is 1.93. The Hall–Kier alpha value is -1.87. The topological polar surface area (TPSA) is 34.4 Å². The molecule has 1 unspecified atom stereocenters. The third-order valence-electron chi connectivity index (χ3n) is 3.24. The fourth-order valence-electron chi connectivity index (χ4n) is 2.38. The van der Waals surface area contributed by atoms with E-state index in [4.69, 9.17) is 11.6 Å². The maximum Gasteiger partial charge on any atom is 0.260 e. The first-order valence-corrected chi connectivity index (χ1v) is 6.85. The predicted octanol–water partition coefficient (Wildman–Crippen LogP) is 3.78. The first-order valence-electron chi connectivity index (χ1n) is 6.47. The molecule has 0 fully saturated rings. The van der Waals surface area contributed by atoms with Gasteiger partial charge in [0.2, 0.25) is 0 Å². The van der Waals surface area contributed by atoms with Crippen molar-refractivity contribution in [1.82, 2.24) is 4.57 Å². The van der Waals surface area contributed by atoms with E-state index in [0.717, 1.165) is 11.1 Å². The molecule has 1 aromatic heterocycles. The van der Waals surface area contributed by atoms with Gasteiger partial charge in [0, 0.05) is 11.9 Å². The number of allylic oxidation sites excluding steroid dienone is 1. The van der Waals surface area contributed by atoms with Crippen LogP contribution in [0.2, 0.25) is 5.02 Å². The minimum atomic E-state index is -0.0631. The SMILES string of the molecule is C=CC=NCC(C)n1c(C)cc2cccc(Cl)c2c1=O. The van der Waals surface area contributed by atoms with Crippen molar-refractivity contribution in [2.45, 2.75) is 19.9 Å². The van der Waals surface area contributed by atoms with E-state index in [1.807, 2.05) is 32.0 Å². The number of pyridine rings is 1. The highest BCUT2D eigenvalue weighted by molar-refractivity contribution is 6.35. The Bertz CT molecular complexity index is 731. The van der Waals surface area contributed by atoms with Crippen LogP contribution in [0.1, 0.15) is 18.7 Å². The monoisotopic (exact) mass is 288 g/mol. The average molecular weight is 289 g/mol. The quantitative estimate of drug-likeness (QED) is 0.788. The van der Waals surface area contributed by atoms with Crippen LogP contribution in [0.5, 0.6) is 0 Å². The molecular weight excluding hydrogens is 272 g/mol. The number of hydrogen-bond acceptors (Lipinski definition) is 2. The van der Waals surface area contributed by atoms with Gasteiger partial charge >= 0.3 is 0 Å². The number of aryl methyl sites for hydroxylation is 1. The van der Waals surface area contributed by atoms with Crippen molar-refractivity contribution in [2.75, 3.05) is 6.54 Å². The van der Waals surface area contributed by atoms with Gasteiger partial charge in [-0.3, -0.25) is 9.79 Å². The lowest BCUT2D eigenvalue weighted by Gasteiger charge is -2.17. The van der Waals surface area contributed by atoms with E-state index in [0.29, 0.717) is 17.0 Å². The van der Waals surface area contributed by atoms with Gasteiger partial charge in [-0.1, -0.05) is 36.4 Å². The molecule has 4 heteroatoms. The fourth-order valence-corrected chi connectivity index (χ4v) is 2.64. The number of halogens is 1. The second-order valence-corrected chi connectivity index (χ2v) is 5.17. The third kappa shape index (κ3) is 2.68. The summed E-state index contributed by atoms with van der Waals surface area (Å²) in [4.78, 5) is 16.9. The van der Waals surface area contributed by atoms with E-state index in [1.54, 1.807) is 22.9 Å². The molecule has 0 radical (unpaired) electrons. The molecule has 0 saturated carbocycles. The number of aliphatic imine (C=N–C) groups is 1. The second kappa shape index (κ2) is 6.06. The van der Waals surface area contributed by atoms with Crippen LogP contribution in [0, 0.1) is 6.92 Å². The summed E-state index contributed by atoms with van der Waals surface area (Å²) in [5.74, 6) is 0. The molecule has 1 atom stereocenters. The molecule has 3 nitrogen and oxygen atoms in total. The maximum atomic E-state index is 12.7. The second-order valence-electron chi connectivity index (χ2n) is 4.76. The van der Waals surface area contributed by atoms with E-state index in [1.165, 1.54) is 0 Å². The van der Waals surface area contributed by atoms with Crippen LogP contribution < -0.4 is 5.56 Å². The largest absolute Gasteiger partial charge is 0.308 e. The molecule has 0 amide bonds. The highest BCUT2D eigenvalue weighted by atomic mass is 35.5. The normalized spacial score (nSPS) is 12.9. The summed E-state index contributed by atoms with van der Waals surface area (Å²) in [5.41, 5.74) is 0.845. The van der Waals surface area contributed by atoms with Crippen molar-refractivity contribution in [3.8, 4) is 0 Å². The molecule has 1 aromatic carbocycles. The summed E-state index contributed by atoms with van der Waals surface area (Å²) in [6, 6.07) is 7.45. The van der Waals surface area contributed by atoms with Gasteiger partial charge in [0.1, 0.15) is 0 Å². The summed E-state index contributed by atoms with van der Waals surface area (Å²) in [6.45, 7) is 8.01. The van der Waals surface area contributed by atoms with Crippen molar-refractivity contribution in [2.24, 2.45) is 4.99 Å². The lowest BCUT2D eigenvalue weighted by Crippen LogP contribution is -2.27. The van der Waals surface area contributed by atoms with Gasteiger partial charge in [0.15, 0.2) is 0 Å². The molecule has 0 N–H and O–H groups in total. The standard InChI is InChI=1S/C16H17ClN2O/c1-4-8-18-10-12(3)19-11(2)9-13-6-5-7-14(17)15(13)16(19)20/h4-9,12H,1,10H2,2-3H3. The highest BCUT2D eigenvalue weighted by Crippen LogP contribution is 2.22. The zero-order valence-electron chi connectivity index (χ0n) is 11.6. The van der Waals surface area contributed by atoms with Gasteiger partial charge in [-0.25, -0.2) is 0 Å². The Morgan fingerprint density at radius 2 is 2.25 bits per heavy atom. The predicted molar refractivity (Wildman–Crippen MR) is 86.2 cm³/mol. The van der Waals surface area contributed by atoms with Crippen LogP contribution in [0.15, 0.2) is 46.7 Å². The van der Waals surface area contributed by atoms with Crippen LogP contribution in [-0.4, -0.2) is 17.3 Å². The van der Waals surface area contributed by atoms with E-state index in [2.05, 4.69) is 11.6 Å². The number of fused-ring (bicyclic) bond motifs is 1. The van der Waals surface area contributed by atoms with Crippen LogP contribution in [0.3, 0.4) is 0 Å². The number of rotatable bonds is 4. The van der Waals surface area contributed by atoms with Gasteiger partial charge in [-0.15, -0.1) is 0 Å². The van der Waals surface area contributed by atoms with Crippen molar-refractivity contribution in [3.63, 3.8) is 0 Å². The Labute approximate surface area is 123 Å². The number of nitrogens with zero attached hydrogens (tertiary/aromatic N) is 2. The van der Waals surface area contributed by atoms with E-state index < -0.39 is 0 Å². The molecule has 20 heavy (non-hydrogen) atoms. The van der Waals surface area contributed by atoms with Crippen molar-refractivity contribution >= 4 is 28.6 Å². The first-order chi connectivity index (χ1) is 9.56. The Kier molecular flexibility index (Phi) is 4.40. The third-order valence-corrected chi connectivity index (χ3v) is 3.56. The molecule has 0 aliphatic carbocycles. The van der Waals surface area contributed by atoms with Crippen LogP contribution in [0.4, 0.5) is 0 Å². The molecular formula is C16H17ClN2O. The molecule has 1 heterocycles. The van der Waals surface area contributed by atoms with E-state index in [9.17, 15) is 4.79 Å². The number of aromatic nitrogens is 1. The van der Waals surface area contributed by atoms with Gasteiger partial charge < -0.3 is 4.57 Å². The maximum absolute atomic E-state index is 12.7. The Morgan fingerprint density at radius 1 is 1.50 bits per heavy atom. The van der Waals surface area contributed by atoms with Crippen molar-refractivity contribution in [3.05, 3.63) is 58.0 Å². The molecule has 2 aromatic rings. The minimum absolute atomic E-state index is 0.0284. The fraction of sp³-hybridized carbons (Fsp3) is 0.250. The van der Waals surface area contributed by atoms with Gasteiger partial charge in [-0.2, -0.15) is 0 Å². The zero-order valence-corrected chi connectivity index (χ0v) is 12.4. The lowest BCUT2D eigenvalue weighted by atomic mass is 10.1. The Morgan fingerprint density at radius 3 is 2.95 bits per heavy atom. The summed E-state index contributed by atoms with van der Waals surface area (Å²) in [7, 11) is 0. The lowest BCUT2D eigenvalue weighted by molar-refractivity contribution is 0.533. The molecule has 104 valence electrons. The van der Waals surface area contributed by atoms with Gasteiger partial charge in [0.05, 0.1) is 23.0 Å². The number of hydrogen-bond donors (Lipinski definition) is 0. The van der Waals surface area contributed by atoms with E-state index >= 15 is 0 Å². The first kappa shape index (κ1) is 14.5. The minimum Gasteiger partial charge on any atom is -0.308 e. The Balaban J connectivity index is 2.59. The molecule has 0 aliphatic rings.